The summed E-state index contributed by atoms with van der Waals surface area (Å²) in [6, 6.07) is -0.177. The maximum absolute atomic E-state index is 11.8. The minimum Gasteiger partial charge on any atom is -0.324 e. The summed E-state index contributed by atoms with van der Waals surface area (Å²) in [5.41, 5.74) is 0. The molecule has 2 amide bonds. The molecule has 0 saturated heterocycles. The third kappa shape index (κ3) is 4.02. The van der Waals surface area contributed by atoms with Gasteiger partial charge in [-0.2, -0.15) is 0 Å². The summed E-state index contributed by atoms with van der Waals surface area (Å²) in [6.45, 7) is 4.12. The molecule has 1 heterocycles. The number of hydrogen-bond donors (Lipinski definition) is 1. The van der Waals surface area contributed by atoms with E-state index in [0.29, 0.717) is 11.7 Å². The molecule has 1 aliphatic carbocycles. The zero-order valence-electron chi connectivity index (χ0n) is 11.3. The molecular weight excluding hydrogens is 260 g/mol. The van der Waals surface area contributed by atoms with Gasteiger partial charge in [-0.1, -0.05) is 43.1 Å². The van der Waals surface area contributed by atoms with E-state index in [-0.39, 0.29) is 6.03 Å². The Morgan fingerprint density at radius 1 is 1.53 bits per heavy atom. The Hall–Kier alpha value is -1.43. The minimum absolute atomic E-state index is 0.177. The number of urea groups is 1. The van der Waals surface area contributed by atoms with Gasteiger partial charge in [0.2, 0.25) is 5.13 Å². The molecule has 2 rings (SSSR count). The second kappa shape index (κ2) is 6.65. The first-order valence-electron chi connectivity index (χ1n) is 6.64. The Bertz CT molecular complexity index is 440. The fraction of sp³-hybridized carbons (Fsp3) is 0.615. The molecule has 1 aliphatic rings. The fourth-order valence-corrected chi connectivity index (χ4v) is 3.16. The van der Waals surface area contributed by atoms with Crippen LogP contribution in [0.25, 0.3) is 0 Å². The van der Waals surface area contributed by atoms with Crippen LogP contribution in [-0.2, 0) is 6.42 Å². The molecule has 1 aromatic rings. The van der Waals surface area contributed by atoms with Crippen molar-refractivity contribution in [1.29, 1.82) is 0 Å². The van der Waals surface area contributed by atoms with Crippen LogP contribution in [0.1, 0.15) is 30.7 Å². The lowest BCUT2D eigenvalue weighted by atomic mass is 10.1. The summed E-state index contributed by atoms with van der Waals surface area (Å²) in [6.07, 6.45) is 7.94. The topological polar surface area (TPSA) is 58.1 Å². The summed E-state index contributed by atoms with van der Waals surface area (Å²) in [4.78, 5) is 13.3. The van der Waals surface area contributed by atoms with Crippen LogP contribution in [0.15, 0.2) is 12.7 Å². The molecule has 6 heteroatoms. The Kier molecular flexibility index (Phi) is 4.90. The van der Waals surface area contributed by atoms with Crippen LogP contribution in [0.5, 0.6) is 0 Å². The van der Waals surface area contributed by atoms with E-state index in [9.17, 15) is 4.79 Å². The van der Waals surface area contributed by atoms with Gasteiger partial charge in [-0.25, -0.2) is 4.79 Å². The molecule has 0 bridgehead atoms. The van der Waals surface area contributed by atoms with Gasteiger partial charge in [0, 0.05) is 20.0 Å². The fourth-order valence-electron chi connectivity index (χ4n) is 2.31. The molecular formula is C13H20N4OS. The molecule has 0 spiro atoms. The molecule has 1 saturated carbocycles. The van der Waals surface area contributed by atoms with Gasteiger partial charge < -0.3 is 4.90 Å². The first kappa shape index (κ1) is 14.0. The largest absolute Gasteiger partial charge is 0.324 e. The number of carbonyl (C=O) groups excluding carboxylic acids is 1. The summed E-state index contributed by atoms with van der Waals surface area (Å²) in [5, 5.41) is 12.5. The number of anilines is 1. The van der Waals surface area contributed by atoms with E-state index in [1.165, 1.54) is 37.0 Å². The average molecular weight is 280 g/mol. The standard InChI is InChI=1S/C13H20N4OS/c1-3-8-17(2)13(18)14-12-16-15-11(19-12)9-10-6-4-5-7-10/h3,10H,1,4-9H2,2H3,(H,14,16,18). The number of nitrogens with zero attached hydrogens (tertiary/aromatic N) is 3. The molecule has 19 heavy (non-hydrogen) atoms. The normalized spacial score (nSPS) is 15.4. The van der Waals surface area contributed by atoms with Gasteiger partial charge in [-0.15, -0.1) is 16.8 Å². The first-order valence-corrected chi connectivity index (χ1v) is 7.46. The van der Waals surface area contributed by atoms with Crippen LogP contribution < -0.4 is 5.32 Å². The second-order valence-electron chi connectivity index (χ2n) is 4.95. The molecule has 5 nitrogen and oxygen atoms in total. The molecule has 1 aromatic heterocycles. The lowest BCUT2D eigenvalue weighted by Crippen LogP contribution is -2.31. The summed E-state index contributed by atoms with van der Waals surface area (Å²) < 4.78 is 0. The number of aromatic nitrogens is 2. The smallest absolute Gasteiger partial charge is 0.323 e. The number of nitrogens with one attached hydrogen (secondary N) is 1. The number of hydrogen-bond acceptors (Lipinski definition) is 4. The number of amides is 2. The van der Waals surface area contributed by atoms with Crippen molar-refractivity contribution in [1.82, 2.24) is 15.1 Å². The summed E-state index contributed by atoms with van der Waals surface area (Å²) >= 11 is 1.48. The minimum atomic E-state index is -0.177. The second-order valence-corrected chi connectivity index (χ2v) is 6.02. The van der Waals surface area contributed by atoms with Gasteiger partial charge in [-0.3, -0.25) is 5.32 Å². The van der Waals surface area contributed by atoms with E-state index < -0.39 is 0 Å². The van der Waals surface area contributed by atoms with Crippen molar-refractivity contribution in [3.63, 3.8) is 0 Å². The first-order chi connectivity index (χ1) is 9.19. The SMILES string of the molecule is C=CCN(C)C(=O)Nc1nnc(CC2CCCC2)s1. The van der Waals surface area contributed by atoms with Crippen molar-refractivity contribution in [3.05, 3.63) is 17.7 Å². The lowest BCUT2D eigenvalue weighted by molar-refractivity contribution is 0.226. The molecule has 1 fully saturated rings. The van der Waals surface area contributed by atoms with Gasteiger partial charge in [0.05, 0.1) is 0 Å². The predicted octanol–water partition coefficient (Wildman–Crippen LogP) is 2.92. The van der Waals surface area contributed by atoms with E-state index in [0.717, 1.165) is 17.3 Å². The zero-order chi connectivity index (χ0) is 13.7. The van der Waals surface area contributed by atoms with Crippen molar-refractivity contribution < 1.29 is 4.79 Å². The highest BCUT2D eigenvalue weighted by molar-refractivity contribution is 7.15. The highest BCUT2D eigenvalue weighted by Crippen LogP contribution is 2.29. The van der Waals surface area contributed by atoms with Crippen LogP contribution in [-0.4, -0.2) is 34.7 Å². The quantitative estimate of drug-likeness (QED) is 0.844. The lowest BCUT2D eigenvalue weighted by Gasteiger charge is -2.13. The number of rotatable bonds is 5. The molecule has 1 N–H and O–H groups in total. The number of carbonyl (C=O) groups is 1. The van der Waals surface area contributed by atoms with Gasteiger partial charge in [0.15, 0.2) is 0 Å². The van der Waals surface area contributed by atoms with Crippen LogP contribution in [0.2, 0.25) is 0 Å². The molecule has 0 atom stereocenters. The third-order valence-electron chi connectivity index (χ3n) is 3.37. The maximum atomic E-state index is 11.8. The Morgan fingerprint density at radius 3 is 2.95 bits per heavy atom. The van der Waals surface area contributed by atoms with E-state index in [4.69, 9.17) is 0 Å². The van der Waals surface area contributed by atoms with Gasteiger partial charge in [0.25, 0.3) is 0 Å². The van der Waals surface area contributed by atoms with Crippen LogP contribution in [0.3, 0.4) is 0 Å². The Balaban J connectivity index is 1.86. The van der Waals surface area contributed by atoms with E-state index in [2.05, 4.69) is 22.1 Å². The highest BCUT2D eigenvalue weighted by atomic mass is 32.1. The van der Waals surface area contributed by atoms with Crippen molar-refractivity contribution in [2.45, 2.75) is 32.1 Å². The molecule has 0 aliphatic heterocycles. The summed E-state index contributed by atoms with van der Waals surface area (Å²) in [5.74, 6) is 0.750. The van der Waals surface area contributed by atoms with Crippen molar-refractivity contribution >= 4 is 22.5 Å². The summed E-state index contributed by atoms with van der Waals surface area (Å²) in [7, 11) is 1.72. The van der Waals surface area contributed by atoms with Crippen molar-refractivity contribution in [2.75, 3.05) is 18.9 Å². The Labute approximate surface area is 117 Å². The average Bonchev–Trinajstić information content (AvgIpc) is 3.02. The highest BCUT2D eigenvalue weighted by Gasteiger charge is 2.18. The zero-order valence-corrected chi connectivity index (χ0v) is 12.1. The predicted molar refractivity (Wildman–Crippen MR) is 77.4 cm³/mol. The van der Waals surface area contributed by atoms with Crippen LogP contribution >= 0.6 is 11.3 Å². The van der Waals surface area contributed by atoms with E-state index in [1.807, 2.05) is 0 Å². The van der Waals surface area contributed by atoms with Gasteiger partial charge in [-0.05, 0) is 5.92 Å². The van der Waals surface area contributed by atoms with Crippen LogP contribution in [0.4, 0.5) is 9.93 Å². The maximum Gasteiger partial charge on any atom is 0.323 e. The van der Waals surface area contributed by atoms with E-state index in [1.54, 1.807) is 18.0 Å². The van der Waals surface area contributed by atoms with Crippen molar-refractivity contribution in [3.8, 4) is 0 Å². The van der Waals surface area contributed by atoms with E-state index >= 15 is 0 Å². The Morgan fingerprint density at radius 2 is 2.26 bits per heavy atom. The molecule has 0 radical (unpaired) electrons. The molecule has 0 aromatic carbocycles. The molecule has 104 valence electrons. The van der Waals surface area contributed by atoms with Crippen LogP contribution in [0, 0.1) is 5.92 Å². The van der Waals surface area contributed by atoms with Gasteiger partial charge >= 0.3 is 6.03 Å². The molecule has 0 unspecified atom stereocenters. The third-order valence-corrected chi connectivity index (χ3v) is 4.23. The number of likely N-dealkylation sites (N-methyl/N-ethyl adjacent to an activating group) is 1. The monoisotopic (exact) mass is 280 g/mol. The van der Waals surface area contributed by atoms with Gasteiger partial charge in [0.1, 0.15) is 5.01 Å². The van der Waals surface area contributed by atoms with Crippen molar-refractivity contribution in [2.24, 2.45) is 5.92 Å².